The van der Waals surface area contributed by atoms with Gasteiger partial charge in [-0.2, -0.15) is 5.26 Å². The number of hydrogen-bond donors (Lipinski definition) is 1. The van der Waals surface area contributed by atoms with Gasteiger partial charge in [-0.3, -0.25) is 0 Å². The van der Waals surface area contributed by atoms with Crippen molar-refractivity contribution in [2.24, 2.45) is 0 Å². The Bertz CT molecular complexity index is 700. The lowest BCUT2D eigenvalue weighted by Crippen LogP contribution is -2.27. The van der Waals surface area contributed by atoms with Crippen LogP contribution in [0.15, 0.2) is 24.7 Å². The first-order valence-electron chi connectivity index (χ1n) is 6.89. The van der Waals surface area contributed by atoms with Crippen molar-refractivity contribution in [2.45, 2.75) is 12.5 Å². The van der Waals surface area contributed by atoms with E-state index in [1.54, 1.807) is 25.4 Å². The first kappa shape index (κ1) is 14.0. The molecule has 1 saturated heterocycles. The summed E-state index contributed by atoms with van der Waals surface area (Å²) in [6.45, 7) is 1.58. The van der Waals surface area contributed by atoms with Gasteiger partial charge >= 0.3 is 0 Å². The minimum atomic E-state index is 0.231. The van der Waals surface area contributed by atoms with Crippen LogP contribution >= 0.6 is 0 Å². The lowest BCUT2D eigenvalue weighted by molar-refractivity contribution is 0.397. The summed E-state index contributed by atoms with van der Waals surface area (Å²) in [5, 5.41) is 12.3. The minimum Gasteiger partial charge on any atom is -0.481 e. The SMILES string of the molecule is COc1cc(NC2CCN(c3nccc(C#N)n3)C2)ncn1. The zero-order chi connectivity index (χ0) is 15.4. The summed E-state index contributed by atoms with van der Waals surface area (Å²) in [6, 6.07) is 5.62. The Balaban J connectivity index is 1.65. The van der Waals surface area contributed by atoms with Crippen LogP contribution in [-0.4, -0.2) is 46.2 Å². The predicted molar refractivity (Wildman–Crippen MR) is 79.6 cm³/mol. The van der Waals surface area contributed by atoms with Crippen LogP contribution in [0.5, 0.6) is 5.88 Å². The fraction of sp³-hybridized carbons (Fsp3) is 0.357. The van der Waals surface area contributed by atoms with Crippen LogP contribution in [0.2, 0.25) is 0 Å². The summed E-state index contributed by atoms with van der Waals surface area (Å²) in [7, 11) is 1.57. The number of nitriles is 1. The van der Waals surface area contributed by atoms with Crippen molar-refractivity contribution < 1.29 is 4.74 Å². The van der Waals surface area contributed by atoms with Crippen LogP contribution in [0.3, 0.4) is 0 Å². The molecule has 3 rings (SSSR count). The van der Waals surface area contributed by atoms with Crippen molar-refractivity contribution in [1.29, 1.82) is 5.26 Å². The fourth-order valence-corrected chi connectivity index (χ4v) is 2.36. The maximum absolute atomic E-state index is 8.90. The Morgan fingerprint density at radius 2 is 2.32 bits per heavy atom. The quantitative estimate of drug-likeness (QED) is 0.886. The largest absolute Gasteiger partial charge is 0.481 e. The Hall–Kier alpha value is -2.95. The summed E-state index contributed by atoms with van der Waals surface area (Å²) in [4.78, 5) is 18.7. The molecule has 1 N–H and O–H groups in total. The molecule has 8 nitrogen and oxygen atoms in total. The lowest BCUT2D eigenvalue weighted by atomic mass is 10.2. The molecule has 0 spiro atoms. The van der Waals surface area contributed by atoms with Crippen molar-refractivity contribution in [2.75, 3.05) is 30.4 Å². The number of hydrogen-bond acceptors (Lipinski definition) is 8. The molecule has 0 bridgehead atoms. The van der Waals surface area contributed by atoms with Crippen molar-refractivity contribution >= 4 is 11.8 Å². The molecule has 0 aromatic carbocycles. The van der Waals surface area contributed by atoms with E-state index in [0.29, 0.717) is 17.5 Å². The standard InChI is InChI=1S/C14H15N7O/c1-22-13-6-12(17-9-18-13)19-11-3-5-21(8-11)14-16-4-2-10(7-15)20-14/h2,4,6,9,11H,3,5,8H2,1H3,(H,17,18,19). The van der Waals surface area contributed by atoms with Crippen LogP contribution in [0.25, 0.3) is 0 Å². The van der Waals surface area contributed by atoms with Crippen molar-refractivity contribution in [1.82, 2.24) is 19.9 Å². The van der Waals surface area contributed by atoms with E-state index in [0.717, 1.165) is 25.3 Å². The summed E-state index contributed by atoms with van der Waals surface area (Å²) in [5.74, 6) is 1.84. The second-order valence-corrected chi connectivity index (χ2v) is 4.88. The summed E-state index contributed by atoms with van der Waals surface area (Å²) in [6.07, 6.45) is 4.01. The van der Waals surface area contributed by atoms with E-state index in [1.807, 2.05) is 6.07 Å². The second kappa shape index (κ2) is 6.22. The zero-order valence-electron chi connectivity index (χ0n) is 12.1. The summed E-state index contributed by atoms with van der Waals surface area (Å²) >= 11 is 0. The highest BCUT2D eigenvalue weighted by Gasteiger charge is 2.24. The van der Waals surface area contributed by atoms with E-state index in [2.05, 4.69) is 30.2 Å². The molecule has 0 saturated carbocycles. The maximum Gasteiger partial charge on any atom is 0.226 e. The molecular formula is C14H15N7O. The number of anilines is 2. The van der Waals surface area contributed by atoms with Crippen LogP contribution in [0.4, 0.5) is 11.8 Å². The van der Waals surface area contributed by atoms with Gasteiger partial charge in [-0.1, -0.05) is 0 Å². The third kappa shape index (κ3) is 3.03. The minimum absolute atomic E-state index is 0.231. The van der Waals surface area contributed by atoms with Gasteiger partial charge in [0.05, 0.1) is 7.11 Å². The highest BCUT2D eigenvalue weighted by Crippen LogP contribution is 2.19. The van der Waals surface area contributed by atoms with Gasteiger partial charge < -0.3 is 15.0 Å². The highest BCUT2D eigenvalue weighted by molar-refractivity contribution is 5.41. The number of methoxy groups -OCH3 is 1. The van der Waals surface area contributed by atoms with E-state index in [4.69, 9.17) is 10.00 Å². The van der Waals surface area contributed by atoms with Crippen LogP contribution < -0.4 is 15.0 Å². The third-order valence-corrected chi connectivity index (χ3v) is 3.43. The summed E-state index contributed by atoms with van der Waals surface area (Å²) < 4.78 is 5.08. The van der Waals surface area contributed by atoms with E-state index >= 15 is 0 Å². The summed E-state index contributed by atoms with van der Waals surface area (Å²) in [5.41, 5.74) is 0.377. The highest BCUT2D eigenvalue weighted by atomic mass is 16.5. The van der Waals surface area contributed by atoms with Crippen molar-refractivity contribution in [3.63, 3.8) is 0 Å². The molecule has 2 aromatic heterocycles. The monoisotopic (exact) mass is 297 g/mol. The maximum atomic E-state index is 8.90. The van der Waals surface area contributed by atoms with Gasteiger partial charge in [-0.05, 0) is 12.5 Å². The van der Waals surface area contributed by atoms with Gasteiger partial charge in [0, 0.05) is 31.4 Å². The first-order valence-corrected chi connectivity index (χ1v) is 6.89. The molecule has 3 heterocycles. The van der Waals surface area contributed by atoms with Crippen LogP contribution in [0, 0.1) is 11.3 Å². The van der Waals surface area contributed by atoms with E-state index in [9.17, 15) is 0 Å². The van der Waals surface area contributed by atoms with Gasteiger partial charge in [-0.15, -0.1) is 0 Å². The van der Waals surface area contributed by atoms with Crippen LogP contribution in [-0.2, 0) is 0 Å². The Kier molecular flexibility index (Phi) is 3.96. The van der Waals surface area contributed by atoms with Crippen molar-refractivity contribution in [3.8, 4) is 11.9 Å². The fourth-order valence-electron chi connectivity index (χ4n) is 2.36. The molecule has 1 fully saturated rings. The van der Waals surface area contributed by atoms with Crippen molar-refractivity contribution in [3.05, 3.63) is 30.4 Å². The molecule has 22 heavy (non-hydrogen) atoms. The number of nitrogens with one attached hydrogen (secondary N) is 1. The number of ether oxygens (including phenoxy) is 1. The predicted octanol–water partition coefficient (Wildman–Crippen LogP) is 0.838. The smallest absolute Gasteiger partial charge is 0.226 e. The van der Waals surface area contributed by atoms with E-state index in [-0.39, 0.29) is 6.04 Å². The Labute approximate surface area is 127 Å². The average Bonchev–Trinajstić information content (AvgIpc) is 3.03. The Morgan fingerprint density at radius 1 is 1.41 bits per heavy atom. The average molecular weight is 297 g/mol. The van der Waals surface area contributed by atoms with Gasteiger partial charge in [0.1, 0.15) is 23.9 Å². The van der Waals surface area contributed by atoms with E-state index in [1.165, 1.54) is 6.33 Å². The molecule has 0 amide bonds. The molecule has 1 atom stereocenters. The topological polar surface area (TPSA) is 99.8 Å². The molecule has 1 unspecified atom stereocenters. The number of nitrogens with zero attached hydrogens (tertiary/aromatic N) is 6. The van der Waals surface area contributed by atoms with Gasteiger partial charge in [0.25, 0.3) is 0 Å². The third-order valence-electron chi connectivity index (χ3n) is 3.43. The van der Waals surface area contributed by atoms with Gasteiger partial charge in [0.2, 0.25) is 11.8 Å². The number of aromatic nitrogens is 4. The molecule has 0 aliphatic carbocycles. The molecule has 0 radical (unpaired) electrons. The lowest BCUT2D eigenvalue weighted by Gasteiger charge is -2.17. The normalized spacial score (nSPS) is 17.1. The zero-order valence-corrected chi connectivity index (χ0v) is 12.1. The molecule has 112 valence electrons. The second-order valence-electron chi connectivity index (χ2n) is 4.88. The van der Waals surface area contributed by atoms with Gasteiger partial charge in [0.15, 0.2) is 0 Å². The van der Waals surface area contributed by atoms with E-state index < -0.39 is 0 Å². The van der Waals surface area contributed by atoms with Gasteiger partial charge in [-0.25, -0.2) is 19.9 Å². The molecular weight excluding hydrogens is 282 g/mol. The molecule has 1 aliphatic rings. The molecule has 2 aromatic rings. The Morgan fingerprint density at radius 3 is 3.14 bits per heavy atom. The molecule has 8 heteroatoms. The number of rotatable bonds is 4. The van der Waals surface area contributed by atoms with Crippen LogP contribution in [0.1, 0.15) is 12.1 Å². The first-order chi connectivity index (χ1) is 10.8. The molecule has 1 aliphatic heterocycles.